The number of nitrogens with one attached hydrogen (secondary N) is 1. The van der Waals surface area contributed by atoms with Gasteiger partial charge >= 0.3 is 0 Å². The van der Waals surface area contributed by atoms with Gasteiger partial charge in [0.05, 0.1) is 17.8 Å². The topological polar surface area (TPSA) is 63.8 Å². The summed E-state index contributed by atoms with van der Waals surface area (Å²) in [7, 11) is 0. The molecule has 0 aliphatic carbocycles. The number of aryl methyl sites for hydroxylation is 1. The predicted octanol–water partition coefficient (Wildman–Crippen LogP) is 4.23. The van der Waals surface area contributed by atoms with E-state index in [2.05, 4.69) is 50.0 Å². The molecule has 4 aromatic rings. The number of hydrogen-bond acceptors (Lipinski definition) is 4. The molecule has 5 rings (SSSR count). The van der Waals surface area contributed by atoms with Gasteiger partial charge in [0.15, 0.2) is 5.11 Å². The quantitative estimate of drug-likeness (QED) is 0.470. The van der Waals surface area contributed by atoms with Crippen LogP contribution in [0.3, 0.4) is 0 Å². The summed E-state index contributed by atoms with van der Waals surface area (Å²) in [4.78, 5) is 6.76. The molecule has 0 saturated carbocycles. The van der Waals surface area contributed by atoms with Gasteiger partial charge in [-0.25, -0.2) is 4.68 Å². The molecule has 31 heavy (non-hydrogen) atoms. The molecule has 9 heteroatoms. The van der Waals surface area contributed by atoms with Gasteiger partial charge in [0.1, 0.15) is 12.7 Å². The number of nitrogens with zero attached hydrogens (tertiary/aromatic N) is 6. The van der Waals surface area contributed by atoms with Crippen molar-refractivity contribution < 1.29 is 0 Å². The Bertz CT molecular complexity index is 1220. The van der Waals surface area contributed by atoms with Crippen LogP contribution in [0.1, 0.15) is 34.7 Å². The molecule has 0 unspecified atom stereocenters. The number of halogens is 1. The Hall–Kier alpha value is -3.23. The fourth-order valence-corrected chi connectivity index (χ4v) is 4.75. The molecule has 0 radical (unpaired) electrons. The first-order chi connectivity index (χ1) is 15.0. The lowest BCUT2D eigenvalue weighted by Gasteiger charge is -2.28. The summed E-state index contributed by atoms with van der Waals surface area (Å²) in [6.07, 6.45) is 5.19. The third-order valence-electron chi connectivity index (χ3n) is 5.59. The van der Waals surface area contributed by atoms with Crippen LogP contribution in [-0.2, 0) is 0 Å². The highest BCUT2D eigenvalue weighted by molar-refractivity contribution is 7.80. The number of benzene rings is 1. The first-order valence-electron chi connectivity index (χ1n) is 9.85. The van der Waals surface area contributed by atoms with Gasteiger partial charge < -0.3 is 10.2 Å². The average Bonchev–Trinajstić information content (AvgIpc) is 3.47. The number of rotatable bonds is 4. The predicted molar refractivity (Wildman–Crippen MR) is 124 cm³/mol. The molecule has 2 atom stereocenters. The summed E-state index contributed by atoms with van der Waals surface area (Å²) in [5, 5.41) is 12.7. The second kappa shape index (κ2) is 7.79. The lowest BCUT2D eigenvalue weighted by atomic mass is 9.96. The van der Waals surface area contributed by atoms with Gasteiger partial charge in [0, 0.05) is 33.9 Å². The molecular weight excluding hydrogens is 430 g/mol. The molecular formula is C22H20ClN7S. The van der Waals surface area contributed by atoms with Crippen LogP contribution < -0.4 is 10.2 Å². The van der Waals surface area contributed by atoms with Crippen molar-refractivity contribution in [2.24, 2.45) is 0 Å². The number of anilines is 1. The first-order valence-corrected chi connectivity index (χ1v) is 10.6. The maximum Gasteiger partial charge on any atom is 0.174 e. The van der Waals surface area contributed by atoms with Crippen LogP contribution >= 0.6 is 23.8 Å². The van der Waals surface area contributed by atoms with E-state index in [0.717, 1.165) is 28.3 Å². The lowest BCUT2D eigenvalue weighted by molar-refractivity contribution is 0.557. The van der Waals surface area contributed by atoms with E-state index in [0.29, 0.717) is 10.1 Å². The van der Waals surface area contributed by atoms with Gasteiger partial charge in [-0.05, 0) is 68.5 Å². The minimum Gasteiger partial charge on any atom is -0.351 e. The fourth-order valence-electron chi connectivity index (χ4n) is 4.28. The van der Waals surface area contributed by atoms with Crippen molar-refractivity contribution in [2.45, 2.75) is 25.9 Å². The molecule has 1 aliphatic rings. The molecule has 1 saturated heterocycles. The summed E-state index contributed by atoms with van der Waals surface area (Å²) < 4.78 is 3.96. The Morgan fingerprint density at radius 1 is 1.03 bits per heavy atom. The highest BCUT2D eigenvalue weighted by atomic mass is 35.5. The summed E-state index contributed by atoms with van der Waals surface area (Å²) in [5.41, 5.74) is 5.19. The van der Waals surface area contributed by atoms with Crippen molar-refractivity contribution in [3.8, 4) is 0 Å². The molecule has 4 heterocycles. The molecule has 1 fully saturated rings. The molecule has 0 bridgehead atoms. The van der Waals surface area contributed by atoms with Crippen LogP contribution in [0.4, 0.5) is 5.69 Å². The van der Waals surface area contributed by atoms with Gasteiger partial charge in [-0.1, -0.05) is 17.7 Å². The Morgan fingerprint density at radius 2 is 1.77 bits per heavy atom. The summed E-state index contributed by atoms with van der Waals surface area (Å²) in [5.74, 6) is 0. The number of pyridine rings is 1. The van der Waals surface area contributed by atoms with Crippen LogP contribution in [0.5, 0.6) is 0 Å². The van der Waals surface area contributed by atoms with Gasteiger partial charge in [0.25, 0.3) is 0 Å². The molecule has 0 amide bonds. The van der Waals surface area contributed by atoms with Gasteiger partial charge in [-0.3, -0.25) is 9.66 Å². The lowest BCUT2D eigenvalue weighted by Crippen LogP contribution is -2.29. The van der Waals surface area contributed by atoms with Gasteiger partial charge in [-0.2, -0.15) is 0 Å². The Balaban J connectivity index is 1.68. The second-order valence-electron chi connectivity index (χ2n) is 7.45. The number of hydrogen-bond donors (Lipinski definition) is 1. The van der Waals surface area contributed by atoms with Gasteiger partial charge in [-0.15, -0.1) is 10.2 Å². The van der Waals surface area contributed by atoms with Gasteiger partial charge in [0.2, 0.25) is 0 Å². The standard InChI is InChI=1S/C22H20ClN7S/c1-14-11-18(15(2)30(14)28-12-25-26-13-28)21-20(19-5-3-4-10-24-19)27-22(31)29(21)17-8-6-16(23)7-9-17/h3-13,20-21H,1-2H3,(H,27,31)/t20-,21-/m1/s1. The molecule has 1 aliphatic heterocycles. The van der Waals surface area contributed by atoms with Crippen molar-refractivity contribution in [3.05, 3.63) is 95.1 Å². The molecule has 3 aromatic heterocycles. The smallest absolute Gasteiger partial charge is 0.174 e. The van der Waals surface area contributed by atoms with Crippen molar-refractivity contribution in [1.29, 1.82) is 0 Å². The van der Waals surface area contributed by atoms with E-state index in [4.69, 9.17) is 23.8 Å². The van der Waals surface area contributed by atoms with Crippen molar-refractivity contribution in [2.75, 3.05) is 4.90 Å². The van der Waals surface area contributed by atoms with E-state index in [1.54, 1.807) is 12.7 Å². The Kier molecular flexibility index (Phi) is 4.95. The van der Waals surface area contributed by atoms with E-state index < -0.39 is 0 Å². The van der Waals surface area contributed by atoms with Crippen molar-refractivity contribution >= 4 is 34.6 Å². The van der Waals surface area contributed by atoms with E-state index in [-0.39, 0.29) is 12.1 Å². The molecule has 1 N–H and O–H groups in total. The summed E-state index contributed by atoms with van der Waals surface area (Å²) in [6, 6.07) is 15.7. The SMILES string of the molecule is Cc1cc([C@@H]2[C@@H](c3ccccn3)NC(=S)N2c2ccc(Cl)cc2)c(C)n1-n1cnnc1. The van der Waals surface area contributed by atoms with Crippen LogP contribution in [0.2, 0.25) is 5.02 Å². The van der Waals surface area contributed by atoms with Crippen LogP contribution in [0.15, 0.2) is 67.4 Å². The minimum absolute atomic E-state index is 0.0972. The molecule has 7 nitrogen and oxygen atoms in total. The number of aromatic nitrogens is 5. The van der Waals surface area contributed by atoms with E-state index in [1.807, 2.05) is 53.3 Å². The zero-order valence-corrected chi connectivity index (χ0v) is 18.5. The van der Waals surface area contributed by atoms with E-state index in [1.165, 1.54) is 0 Å². The average molecular weight is 450 g/mol. The number of thiocarbonyl (C=S) groups is 1. The Labute approximate surface area is 190 Å². The van der Waals surface area contributed by atoms with Crippen LogP contribution in [-0.4, -0.2) is 29.6 Å². The summed E-state index contributed by atoms with van der Waals surface area (Å²) >= 11 is 11.9. The fraction of sp³-hybridized carbons (Fsp3) is 0.182. The van der Waals surface area contributed by atoms with Crippen LogP contribution in [0.25, 0.3) is 0 Å². The maximum atomic E-state index is 6.14. The van der Waals surface area contributed by atoms with Crippen LogP contribution in [0, 0.1) is 13.8 Å². The summed E-state index contributed by atoms with van der Waals surface area (Å²) in [6.45, 7) is 4.17. The normalized spacial score (nSPS) is 18.4. The largest absolute Gasteiger partial charge is 0.351 e. The highest BCUT2D eigenvalue weighted by Gasteiger charge is 2.42. The molecule has 156 valence electrons. The van der Waals surface area contributed by atoms with E-state index in [9.17, 15) is 0 Å². The monoisotopic (exact) mass is 449 g/mol. The van der Waals surface area contributed by atoms with Crippen molar-refractivity contribution in [1.82, 2.24) is 29.9 Å². The maximum absolute atomic E-state index is 6.14. The molecule has 0 spiro atoms. The zero-order valence-electron chi connectivity index (χ0n) is 17.0. The first kappa shape index (κ1) is 19.7. The van der Waals surface area contributed by atoms with E-state index >= 15 is 0 Å². The highest BCUT2D eigenvalue weighted by Crippen LogP contribution is 2.43. The third-order valence-corrected chi connectivity index (χ3v) is 6.16. The second-order valence-corrected chi connectivity index (χ2v) is 8.28. The Morgan fingerprint density at radius 3 is 2.45 bits per heavy atom. The minimum atomic E-state index is -0.112. The molecule has 1 aromatic carbocycles. The zero-order chi connectivity index (χ0) is 21.5. The third kappa shape index (κ3) is 3.37. The van der Waals surface area contributed by atoms with Crippen molar-refractivity contribution in [3.63, 3.8) is 0 Å².